The third-order valence-corrected chi connectivity index (χ3v) is 3.43. The summed E-state index contributed by atoms with van der Waals surface area (Å²) in [5, 5.41) is 7.48. The molecule has 0 aromatic carbocycles. The van der Waals surface area contributed by atoms with Gasteiger partial charge in [-0.05, 0) is 39.7 Å². The molecule has 0 radical (unpaired) electrons. The maximum Gasteiger partial charge on any atom is 0.246 e. The van der Waals surface area contributed by atoms with Crippen molar-refractivity contribution in [3.05, 3.63) is 11.7 Å². The first-order chi connectivity index (χ1) is 8.14. The standard InChI is InChI=1S/C12H21N3O2/c1-9(16-3)8-10-14-11(17-15-10)12(2)6-4-5-7-13-12/h9,13H,4-8H2,1-3H3. The second-order valence-electron chi connectivity index (χ2n) is 4.98. The number of nitrogens with one attached hydrogen (secondary N) is 1. The lowest BCUT2D eigenvalue weighted by atomic mass is 9.91. The van der Waals surface area contributed by atoms with Gasteiger partial charge in [0, 0.05) is 13.5 Å². The molecule has 1 aromatic heterocycles. The molecule has 17 heavy (non-hydrogen) atoms. The summed E-state index contributed by atoms with van der Waals surface area (Å²) in [4.78, 5) is 4.47. The van der Waals surface area contributed by atoms with Gasteiger partial charge in [0.05, 0.1) is 11.6 Å². The summed E-state index contributed by atoms with van der Waals surface area (Å²) in [5.41, 5.74) is -0.153. The number of rotatable bonds is 4. The number of hydrogen-bond acceptors (Lipinski definition) is 5. The van der Waals surface area contributed by atoms with Gasteiger partial charge in [0.2, 0.25) is 5.89 Å². The minimum absolute atomic E-state index is 0.118. The van der Waals surface area contributed by atoms with Crippen LogP contribution >= 0.6 is 0 Å². The topological polar surface area (TPSA) is 60.2 Å². The van der Waals surface area contributed by atoms with E-state index in [0.717, 1.165) is 18.8 Å². The Morgan fingerprint density at radius 3 is 3.00 bits per heavy atom. The van der Waals surface area contributed by atoms with Crippen LogP contribution in [0.3, 0.4) is 0 Å². The van der Waals surface area contributed by atoms with Crippen LogP contribution in [0.15, 0.2) is 4.52 Å². The average Bonchev–Trinajstić information content (AvgIpc) is 2.79. The van der Waals surface area contributed by atoms with Crippen LogP contribution in [0.2, 0.25) is 0 Å². The van der Waals surface area contributed by atoms with E-state index < -0.39 is 0 Å². The predicted octanol–water partition coefficient (Wildman–Crippen LogP) is 1.64. The van der Waals surface area contributed by atoms with Gasteiger partial charge in [0.25, 0.3) is 0 Å². The van der Waals surface area contributed by atoms with E-state index in [1.807, 2.05) is 6.92 Å². The van der Waals surface area contributed by atoms with Crippen LogP contribution in [0, 0.1) is 0 Å². The summed E-state index contributed by atoms with van der Waals surface area (Å²) in [6, 6.07) is 0. The van der Waals surface area contributed by atoms with E-state index in [2.05, 4.69) is 22.4 Å². The lowest BCUT2D eigenvalue weighted by Crippen LogP contribution is -2.43. The van der Waals surface area contributed by atoms with Crippen molar-refractivity contribution in [2.24, 2.45) is 0 Å². The molecule has 2 unspecified atom stereocenters. The SMILES string of the molecule is COC(C)Cc1noc(C2(C)CCCCN2)n1. The van der Waals surface area contributed by atoms with Gasteiger partial charge in [-0.3, -0.25) is 0 Å². The van der Waals surface area contributed by atoms with Gasteiger partial charge in [-0.2, -0.15) is 4.98 Å². The van der Waals surface area contributed by atoms with Gasteiger partial charge in [0.1, 0.15) is 0 Å². The van der Waals surface area contributed by atoms with Crippen molar-refractivity contribution < 1.29 is 9.26 Å². The lowest BCUT2D eigenvalue weighted by molar-refractivity contribution is 0.116. The fourth-order valence-corrected chi connectivity index (χ4v) is 2.14. The summed E-state index contributed by atoms with van der Waals surface area (Å²) in [6.45, 7) is 5.14. The van der Waals surface area contributed by atoms with Gasteiger partial charge in [-0.1, -0.05) is 5.16 Å². The number of nitrogens with zero attached hydrogens (tertiary/aromatic N) is 2. The van der Waals surface area contributed by atoms with Gasteiger partial charge in [-0.25, -0.2) is 0 Å². The van der Waals surface area contributed by atoms with Gasteiger partial charge < -0.3 is 14.6 Å². The molecule has 0 spiro atoms. The third kappa shape index (κ3) is 2.84. The Kier molecular flexibility index (Phi) is 3.79. The van der Waals surface area contributed by atoms with Gasteiger partial charge in [-0.15, -0.1) is 0 Å². The summed E-state index contributed by atoms with van der Waals surface area (Å²) in [6.07, 6.45) is 4.28. The molecule has 0 bridgehead atoms. The van der Waals surface area contributed by atoms with Crippen LogP contribution in [0.25, 0.3) is 0 Å². The van der Waals surface area contributed by atoms with Crippen LogP contribution in [-0.4, -0.2) is 29.9 Å². The molecule has 5 nitrogen and oxygen atoms in total. The highest BCUT2D eigenvalue weighted by Crippen LogP contribution is 2.28. The zero-order chi connectivity index (χ0) is 12.3. The Bertz CT molecular complexity index is 358. The summed E-state index contributed by atoms with van der Waals surface area (Å²) in [7, 11) is 1.69. The molecular formula is C12H21N3O2. The van der Waals surface area contributed by atoms with Crippen molar-refractivity contribution in [3.8, 4) is 0 Å². The number of piperidine rings is 1. The van der Waals surface area contributed by atoms with Crippen molar-refractivity contribution in [2.75, 3.05) is 13.7 Å². The van der Waals surface area contributed by atoms with Crippen LogP contribution < -0.4 is 5.32 Å². The van der Waals surface area contributed by atoms with E-state index in [4.69, 9.17) is 9.26 Å². The Hall–Kier alpha value is -0.940. The fraction of sp³-hybridized carbons (Fsp3) is 0.833. The molecule has 1 aromatic rings. The van der Waals surface area contributed by atoms with E-state index in [1.165, 1.54) is 12.8 Å². The highest BCUT2D eigenvalue weighted by atomic mass is 16.5. The van der Waals surface area contributed by atoms with Crippen molar-refractivity contribution in [1.82, 2.24) is 15.5 Å². The molecule has 0 aliphatic carbocycles. The molecule has 1 aliphatic rings. The van der Waals surface area contributed by atoms with Gasteiger partial charge in [0.15, 0.2) is 5.82 Å². The van der Waals surface area contributed by atoms with Crippen molar-refractivity contribution in [2.45, 2.75) is 51.2 Å². The minimum Gasteiger partial charge on any atom is -0.381 e. The fourth-order valence-electron chi connectivity index (χ4n) is 2.14. The molecule has 2 rings (SSSR count). The molecule has 0 saturated carbocycles. The molecule has 1 N–H and O–H groups in total. The molecule has 2 atom stereocenters. The second kappa shape index (κ2) is 5.14. The van der Waals surface area contributed by atoms with Crippen molar-refractivity contribution in [1.29, 1.82) is 0 Å². The Balaban J connectivity index is 2.06. The number of methoxy groups -OCH3 is 1. The maximum atomic E-state index is 5.37. The molecule has 1 saturated heterocycles. The van der Waals surface area contributed by atoms with Crippen molar-refractivity contribution >= 4 is 0 Å². The number of aromatic nitrogens is 2. The van der Waals surface area contributed by atoms with E-state index >= 15 is 0 Å². The normalized spacial score (nSPS) is 27.0. The van der Waals surface area contributed by atoms with Crippen molar-refractivity contribution in [3.63, 3.8) is 0 Å². The smallest absolute Gasteiger partial charge is 0.246 e. The second-order valence-corrected chi connectivity index (χ2v) is 4.98. The Morgan fingerprint density at radius 1 is 1.53 bits per heavy atom. The van der Waals surface area contributed by atoms with Crippen LogP contribution in [0.5, 0.6) is 0 Å². The first kappa shape index (κ1) is 12.5. The molecule has 96 valence electrons. The maximum absolute atomic E-state index is 5.37. The third-order valence-electron chi connectivity index (χ3n) is 3.43. The molecule has 0 amide bonds. The van der Waals surface area contributed by atoms with E-state index in [-0.39, 0.29) is 11.6 Å². The number of hydrogen-bond donors (Lipinski definition) is 1. The van der Waals surface area contributed by atoms with E-state index in [1.54, 1.807) is 7.11 Å². The van der Waals surface area contributed by atoms with Gasteiger partial charge >= 0.3 is 0 Å². The Morgan fingerprint density at radius 2 is 2.35 bits per heavy atom. The lowest BCUT2D eigenvalue weighted by Gasteiger charge is -2.31. The first-order valence-corrected chi connectivity index (χ1v) is 6.25. The summed E-state index contributed by atoms with van der Waals surface area (Å²) >= 11 is 0. The average molecular weight is 239 g/mol. The largest absolute Gasteiger partial charge is 0.381 e. The molecule has 1 aliphatic heterocycles. The first-order valence-electron chi connectivity index (χ1n) is 6.25. The van der Waals surface area contributed by atoms with Crippen LogP contribution in [-0.2, 0) is 16.7 Å². The highest BCUT2D eigenvalue weighted by Gasteiger charge is 2.34. The molecule has 5 heteroatoms. The summed E-state index contributed by atoms with van der Waals surface area (Å²) in [5.74, 6) is 1.43. The highest BCUT2D eigenvalue weighted by molar-refractivity contribution is 5.03. The monoisotopic (exact) mass is 239 g/mol. The quantitative estimate of drug-likeness (QED) is 0.865. The molecule has 1 fully saturated rings. The van der Waals surface area contributed by atoms with E-state index in [9.17, 15) is 0 Å². The van der Waals surface area contributed by atoms with Crippen LogP contribution in [0.1, 0.15) is 44.8 Å². The number of ether oxygens (including phenoxy) is 1. The zero-order valence-electron chi connectivity index (χ0n) is 10.8. The minimum atomic E-state index is -0.153. The van der Waals surface area contributed by atoms with Crippen LogP contribution in [0.4, 0.5) is 0 Å². The molecule has 2 heterocycles. The molecular weight excluding hydrogens is 218 g/mol. The Labute approximate surface area is 102 Å². The zero-order valence-corrected chi connectivity index (χ0v) is 10.8. The summed E-state index contributed by atoms with van der Waals surface area (Å²) < 4.78 is 10.6. The predicted molar refractivity (Wildman–Crippen MR) is 63.7 cm³/mol. The van der Waals surface area contributed by atoms with E-state index in [0.29, 0.717) is 12.3 Å².